The molecule has 1 aromatic carbocycles. The van der Waals surface area contributed by atoms with E-state index in [0.29, 0.717) is 13.2 Å². The van der Waals surface area contributed by atoms with Gasteiger partial charge in [0.1, 0.15) is 12.4 Å². The fourth-order valence-corrected chi connectivity index (χ4v) is 2.11. The van der Waals surface area contributed by atoms with Crippen molar-refractivity contribution in [2.24, 2.45) is 4.99 Å². The third-order valence-electron chi connectivity index (χ3n) is 3.29. The third-order valence-corrected chi connectivity index (χ3v) is 3.29. The van der Waals surface area contributed by atoms with Crippen LogP contribution in [-0.4, -0.2) is 38.9 Å². The lowest BCUT2D eigenvalue weighted by Gasteiger charge is -2.12. The molecule has 0 unspecified atom stereocenters. The van der Waals surface area contributed by atoms with Crippen LogP contribution in [0.15, 0.2) is 41.9 Å². The monoisotopic (exact) mass is 333 g/mol. The number of benzene rings is 1. The Bertz CT molecular complexity index is 489. The van der Waals surface area contributed by atoms with Gasteiger partial charge in [0, 0.05) is 31.9 Å². The van der Waals surface area contributed by atoms with Gasteiger partial charge in [0.25, 0.3) is 0 Å². The van der Waals surface area contributed by atoms with Crippen molar-refractivity contribution in [1.82, 2.24) is 10.6 Å². The van der Waals surface area contributed by atoms with Gasteiger partial charge in [-0.2, -0.15) is 0 Å². The van der Waals surface area contributed by atoms with E-state index in [1.807, 2.05) is 31.2 Å². The molecule has 0 saturated carbocycles. The van der Waals surface area contributed by atoms with Crippen LogP contribution in [0.4, 0.5) is 0 Å². The quantitative estimate of drug-likeness (QED) is 0.267. The largest absolute Gasteiger partial charge is 0.489 e. The minimum atomic E-state index is 0.499. The van der Waals surface area contributed by atoms with E-state index in [2.05, 4.69) is 29.1 Å². The highest BCUT2D eigenvalue weighted by Gasteiger charge is 2.03. The first-order chi connectivity index (χ1) is 11.8. The molecule has 5 nitrogen and oxygen atoms in total. The molecule has 0 bridgehead atoms. The maximum atomic E-state index is 5.67. The molecule has 2 N–H and O–H groups in total. The second-order valence-electron chi connectivity index (χ2n) is 5.23. The molecule has 1 aromatic rings. The van der Waals surface area contributed by atoms with Gasteiger partial charge in [0.2, 0.25) is 0 Å². The molecule has 0 radical (unpaired) electrons. The van der Waals surface area contributed by atoms with Crippen LogP contribution in [0, 0.1) is 0 Å². The minimum absolute atomic E-state index is 0.499. The minimum Gasteiger partial charge on any atom is -0.489 e. The maximum Gasteiger partial charge on any atom is 0.191 e. The van der Waals surface area contributed by atoms with E-state index in [9.17, 15) is 0 Å². The molecular weight excluding hydrogens is 302 g/mol. The first-order valence-corrected chi connectivity index (χ1v) is 8.73. The molecule has 5 heteroatoms. The third kappa shape index (κ3) is 8.58. The Kier molecular flexibility index (Phi) is 11.2. The molecule has 0 aliphatic heterocycles. The number of hydrogen-bond acceptors (Lipinski definition) is 3. The number of aliphatic imine (C=N–C) groups is 1. The van der Waals surface area contributed by atoms with E-state index in [4.69, 9.17) is 9.47 Å². The first kappa shape index (κ1) is 20.0. The summed E-state index contributed by atoms with van der Waals surface area (Å²) in [6.45, 7) is 12.2. The van der Waals surface area contributed by atoms with Crippen molar-refractivity contribution in [1.29, 1.82) is 0 Å². The number of guanidine groups is 1. The second-order valence-corrected chi connectivity index (χ2v) is 5.23. The summed E-state index contributed by atoms with van der Waals surface area (Å²) < 4.78 is 11.0. The average Bonchev–Trinajstić information content (AvgIpc) is 2.61. The lowest BCUT2D eigenvalue weighted by atomic mass is 10.2. The standard InChI is InChI=1S/C19H31N3O2/c1-4-14-24-18-12-8-7-11-17(18)16-22-19(20-5-2)21-13-9-10-15-23-6-3/h4,7-8,11-12H,1,5-6,9-10,13-16H2,2-3H3,(H2,20,21,22). The van der Waals surface area contributed by atoms with Crippen LogP contribution in [0.5, 0.6) is 5.75 Å². The number of rotatable bonds is 12. The summed E-state index contributed by atoms with van der Waals surface area (Å²) in [6, 6.07) is 7.96. The zero-order chi connectivity index (χ0) is 17.5. The van der Waals surface area contributed by atoms with Gasteiger partial charge in [-0.05, 0) is 32.8 Å². The Balaban J connectivity index is 2.51. The van der Waals surface area contributed by atoms with Crippen LogP contribution in [0.3, 0.4) is 0 Å². The summed E-state index contributed by atoms with van der Waals surface area (Å²) in [4.78, 5) is 4.64. The highest BCUT2D eigenvalue weighted by molar-refractivity contribution is 5.79. The van der Waals surface area contributed by atoms with E-state index in [1.165, 1.54) is 0 Å². The van der Waals surface area contributed by atoms with Gasteiger partial charge >= 0.3 is 0 Å². The Morgan fingerprint density at radius 3 is 2.79 bits per heavy atom. The summed E-state index contributed by atoms with van der Waals surface area (Å²) in [5.41, 5.74) is 1.06. The molecular formula is C19H31N3O2. The summed E-state index contributed by atoms with van der Waals surface area (Å²) in [7, 11) is 0. The second kappa shape index (κ2) is 13.4. The molecule has 1 rings (SSSR count). The van der Waals surface area contributed by atoms with Gasteiger partial charge in [-0.3, -0.25) is 0 Å². The number of hydrogen-bond donors (Lipinski definition) is 2. The number of nitrogens with zero attached hydrogens (tertiary/aromatic N) is 1. The van der Waals surface area contributed by atoms with Gasteiger partial charge < -0.3 is 20.1 Å². The molecule has 0 aliphatic rings. The van der Waals surface area contributed by atoms with Crippen LogP contribution in [-0.2, 0) is 11.3 Å². The number of unbranched alkanes of at least 4 members (excludes halogenated alkanes) is 1. The van der Waals surface area contributed by atoms with Crippen LogP contribution in [0.1, 0.15) is 32.3 Å². The van der Waals surface area contributed by atoms with Gasteiger partial charge in [0.05, 0.1) is 6.54 Å². The SMILES string of the molecule is C=CCOc1ccccc1CN=C(NCC)NCCCCOCC. The normalized spacial score (nSPS) is 11.2. The van der Waals surface area contributed by atoms with Crippen molar-refractivity contribution in [2.75, 3.05) is 32.9 Å². The highest BCUT2D eigenvalue weighted by Crippen LogP contribution is 2.18. The molecule has 134 valence electrons. The van der Waals surface area contributed by atoms with Crippen molar-refractivity contribution in [2.45, 2.75) is 33.2 Å². The fraction of sp³-hybridized carbons (Fsp3) is 0.526. The van der Waals surface area contributed by atoms with E-state index in [1.54, 1.807) is 6.08 Å². The summed E-state index contributed by atoms with van der Waals surface area (Å²) in [6.07, 6.45) is 3.86. The van der Waals surface area contributed by atoms with Crippen molar-refractivity contribution < 1.29 is 9.47 Å². The van der Waals surface area contributed by atoms with Crippen LogP contribution in [0.25, 0.3) is 0 Å². The lowest BCUT2D eigenvalue weighted by molar-refractivity contribution is 0.143. The number of para-hydroxylation sites is 1. The van der Waals surface area contributed by atoms with Gasteiger partial charge in [0.15, 0.2) is 5.96 Å². The highest BCUT2D eigenvalue weighted by atomic mass is 16.5. The van der Waals surface area contributed by atoms with Crippen molar-refractivity contribution in [3.8, 4) is 5.75 Å². The smallest absolute Gasteiger partial charge is 0.191 e. The number of nitrogens with one attached hydrogen (secondary N) is 2. The average molecular weight is 333 g/mol. The van der Waals surface area contributed by atoms with E-state index in [0.717, 1.165) is 56.4 Å². The molecule has 0 heterocycles. The summed E-state index contributed by atoms with van der Waals surface area (Å²) in [5, 5.41) is 6.63. The summed E-state index contributed by atoms with van der Waals surface area (Å²) in [5.74, 6) is 1.68. The van der Waals surface area contributed by atoms with Crippen LogP contribution >= 0.6 is 0 Å². The van der Waals surface area contributed by atoms with E-state index < -0.39 is 0 Å². The zero-order valence-corrected chi connectivity index (χ0v) is 15.0. The Morgan fingerprint density at radius 1 is 1.21 bits per heavy atom. The molecule has 0 spiro atoms. The molecule has 0 fully saturated rings. The molecule has 0 amide bonds. The van der Waals surface area contributed by atoms with E-state index >= 15 is 0 Å². The van der Waals surface area contributed by atoms with Crippen molar-refractivity contribution >= 4 is 5.96 Å². The zero-order valence-electron chi connectivity index (χ0n) is 15.0. The Hall–Kier alpha value is -2.01. The maximum absolute atomic E-state index is 5.67. The van der Waals surface area contributed by atoms with E-state index in [-0.39, 0.29) is 0 Å². The topological polar surface area (TPSA) is 54.9 Å². The van der Waals surface area contributed by atoms with Crippen molar-refractivity contribution in [3.63, 3.8) is 0 Å². The fourth-order valence-electron chi connectivity index (χ4n) is 2.11. The van der Waals surface area contributed by atoms with Gasteiger partial charge in [-0.15, -0.1) is 0 Å². The van der Waals surface area contributed by atoms with Gasteiger partial charge in [-0.1, -0.05) is 30.9 Å². The number of ether oxygens (including phenoxy) is 2. The molecule has 0 aliphatic carbocycles. The lowest BCUT2D eigenvalue weighted by Crippen LogP contribution is -2.37. The molecule has 0 saturated heterocycles. The van der Waals surface area contributed by atoms with Crippen LogP contribution in [0.2, 0.25) is 0 Å². The van der Waals surface area contributed by atoms with Crippen molar-refractivity contribution in [3.05, 3.63) is 42.5 Å². The molecule has 24 heavy (non-hydrogen) atoms. The molecule has 0 atom stereocenters. The molecule has 0 aromatic heterocycles. The predicted octanol–water partition coefficient (Wildman–Crippen LogP) is 3.12. The van der Waals surface area contributed by atoms with Crippen LogP contribution < -0.4 is 15.4 Å². The van der Waals surface area contributed by atoms with Gasteiger partial charge in [-0.25, -0.2) is 4.99 Å². The Morgan fingerprint density at radius 2 is 2.04 bits per heavy atom. The first-order valence-electron chi connectivity index (χ1n) is 8.73. The predicted molar refractivity (Wildman–Crippen MR) is 101 cm³/mol. The Labute approximate surface area is 146 Å². The summed E-state index contributed by atoms with van der Waals surface area (Å²) >= 11 is 0.